The number of carbonyl (C=O) groups excluding carboxylic acids is 1. The number of nitrogens with zero attached hydrogens (tertiary/aromatic N) is 1. The molecule has 1 rings (SSSR count). The maximum absolute atomic E-state index is 12.0. The Morgan fingerprint density at radius 2 is 1.71 bits per heavy atom. The van der Waals surface area contributed by atoms with Gasteiger partial charge < -0.3 is 15.2 Å². The summed E-state index contributed by atoms with van der Waals surface area (Å²) < 4.78 is 5.34. The average molecular weight is 300 g/mol. The first kappa shape index (κ1) is 17.9. The largest absolute Gasteiger partial charge is 0.481 e. The monoisotopic (exact) mass is 300 g/mol. The fourth-order valence-electron chi connectivity index (χ4n) is 2.56. The Morgan fingerprint density at radius 3 is 2.24 bits per heavy atom. The van der Waals surface area contributed by atoms with Gasteiger partial charge in [0, 0.05) is 31.6 Å². The van der Waals surface area contributed by atoms with Crippen LogP contribution in [0.15, 0.2) is 0 Å². The van der Waals surface area contributed by atoms with Crippen LogP contribution in [0.2, 0.25) is 0 Å². The number of carboxylic acid groups (broad SMARTS) is 1. The van der Waals surface area contributed by atoms with Crippen LogP contribution in [0.25, 0.3) is 0 Å². The molecule has 6 heteroatoms. The highest BCUT2D eigenvalue weighted by atomic mass is 16.5. The number of morpholine rings is 1. The number of amides is 1. The Morgan fingerprint density at radius 1 is 1.14 bits per heavy atom. The van der Waals surface area contributed by atoms with E-state index in [1.165, 1.54) is 0 Å². The van der Waals surface area contributed by atoms with Crippen LogP contribution >= 0.6 is 0 Å². The first-order valence-electron chi connectivity index (χ1n) is 7.44. The van der Waals surface area contributed by atoms with Crippen molar-refractivity contribution in [2.24, 2.45) is 5.41 Å². The van der Waals surface area contributed by atoms with E-state index < -0.39 is 11.4 Å². The predicted molar refractivity (Wildman–Crippen MR) is 80.1 cm³/mol. The zero-order valence-corrected chi connectivity index (χ0v) is 13.6. The van der Waals surface area contributed by atoms with Crippen molar-refractivity contribution in [3.63, 3.8) is 0 Å². The second kappa shape index (κ2) is 7.22. The number of nitrogens with one attached hydrogen (secondary N) is 1. The van der Waals surface area contributed by atoms with E-state index in [0.29, 0.717) is 6.54 Å². The van der Waals surface area contributed by atoms with Crippen molar-refractivity contribution < 1.29 is 19.4 Å². The number of carboxylic acids is 1. The molecule has 6 nitrogen and oxygen atoms in total. The van der Waals surface area contributed by atoms with Gasteiger partial charge in [-0.1, -0.05) is 13.8 Å². The molecule has 1 saturated heterocycles. The summed E-state index contributed by atoms with van der Waals surface area (Å²) in [6.45, 7) is 11.5. The van der Waals surface area contributed by atoms with Gasteiger partial charge in [0.25, 0.3) is 0 Å². The van der Waals surface area contributed by atoms with Crippen LogP contribution in [-0.4, -0.2) is 60.3 Å². The molecule has 0 aromatic carbocycles. The van der Waals surface area contributed by atoms with E-state index in [1.807, 2.05) is 0 Å². The van der Waals surface area contributed by atoms with E-state index in [0.717, 1.165) is 26.3 Å². The van der Waals surface area contributed by atoms with Crippen LogP contribution in [0.1, 0.15) is 40.5 Å². The molecule has 1 heterocycles. The third-order valence-corrected chi connectivity index (χ3v) is 3.85. The van der Waals surface area contributed by atoms with Crippen LogP contribution in [0.5, 0.6) is 0 Å². The molecule has 0 saturated carbocycles. The van der Waals surface area contributed by atoms with E-state index in [9.17, 15) is 9.59 Å². The van der Waals surface area contributed by atoms with Crippen molar-refractivity contribution >= 4 is 11.9 Å². The fraction of sp³-hybridized carbons (Fsp3) is 0.867. The molecule has 1 fully saturated rings. The molecule has 0 spiro atoms. The summed E-state index contributed by atoms with van der Waals surface area (Å²) in [5, 5.41) is 11.8. The Balaban J connectivity index is 2.42. The van der Waals surface area contributed by atoms with Crippen molar-refractivity contribution in [1.29, 1.82) is 0 Å². The zero-order valence-electron chi connectivity index (χ0n) is 13.6. The van der Waals surface area contributed by atoms with Crippen molar-refractivity contribution in [2.75, 3.05) is 32.8 Å². The molecule has 2 N–H and O–H groups in total. The van der Waals surface area contributed by atoms with E-state index in [-0.39, 0.29) is 24.3 Å². The summed E-state index contributed by atoms with van der Waals surface area (Å²) in [5.41, 5.74) is -0.657. The Kier molecular flexibility index (Phi) is 6.16. The number of carbonyl (C=O) groups is 2. The molecule has 0 radical (unpaired) electrons. The zero-order chi connectivity index (χ0) is 16.1. The van der Waals surface area contributed by atoms with Gasteiger partial charge in [0.2, 0.25) is 5.91 Å². The molecule has 21 heavy (non-hydrogen) atoms. The Labute approximate surface area is 126 Å². The van der Waals surface area contributed by atoms with E-state index in [2.05, 4.69) is 24.1 Å². The second-order valence-electron chi connectivity index (χ2n) is 7.10. The number of aliphatic carboxylic acids is 1. The summed E-state index contributed by atoms with van der Waals surface area (Å²) in [6, 6.07) is 0. The summed E-state index contributed by atoms with van der Waals surface area (Å²) in [4.78, 5) is 25.1. The quantitative estimate of drug-likeness (QED) is 0.736. The highest BCUT2D eigenvalue weighted by Crippen LogP contribution is 2.25. The summed E-state index contributed by atoms with van der Waals surface area (Å²) in [7, 11) is 0. The molecule has 1 aliphatic rings. The van der Waals surface area contributed by atoms with Crippen molar-refractivity contribution in [2.45, 2.75) is 46.1 Å². The van der Waals surface area contributed by atoms with Gasteiger partial charge in [-0.3, -0.25) is 14.5 Å². The van der Waals surface area contributed by atoms with Gasteiger partial charge in [-0.15, -0.1) is 0 Å². The molecular formula is C15H28N2O4. The Hall–Kier alpha value is -1.14. The molecular weight excluding hydrogens is 272 g/mol. The van der Waals surface area contributed by atoms with Crippen LogP contribution in [-0.2, 0) is 14.3 Å². The third kappa shape index (κ3) is 6.44. The van der Waals surface area contributed by atoms with Crippen LogP contribution in [0.3, 0.4) is 0 Å². The van der Waals surface area contributed by atoms with Gasteiger partial charge in [-0.05, 0) is 19.3 Å². The summed E-state index contributed by atoms with van der Waals surface area (Å²) in [6.07, 6.45) is 0.214. The Bertz CT molecular complexity index is 374. The van der Waals surface area contributed by atoms with Gasteiger partial charge >= 0.3 is 5.97 Å². The lowest BCUT2D eigenvalue weighted by molar-refractivity contribution is -0.139. The number of ether oxygens (including phenoxy) is 1. The number of hydrogen-bond donors (Lipinski definition) is 2. The molecule has 0 aliphatic carbocycles. The first-order valence-corrected chi connectivity index (χ1v) is 7.44. The minimum Gasteiger partial charge on any atom is -0.481 e. The van der Waals surface area contributed by atoms with E-state index in [4.69, 9.17) is 9.84 Å². The topological polar surface area (TPSA) is 78.9 Å². The number of hydrogen-bond acceptors (Lipinski definition) is 4. The van der Waals surface area contributed by atoms with Gasteiger partial charge in [0.1, 0.15) is 0 Å². The smallest absolute Gasteiger partial charge is 0.303 e. The molecule has 0 bridgehead atoms. The van der Waals surface area contributed by atoms with Crippen LogP contribution < -0.4 is 5.32 Å². The highest BCUT2D eigenvalue weighted by molar-refractivity contribution is 5.78. The lowest BCUT2D eigenvalue weighted by Gasteiger charge is -2.41. The lowest BCUT2D eigenvalue weighted by Crippen LogP contribution is -2.55. The van der Waals surface area contributed by atoms with Crippen molar-refractivity contribution in [3.8, 4) is 0 Å². The summed E-state index contributed by atoms with van der Waals surface area (Å²) in [5.74, 6) is -0.968. The molecule has 0 unspecified atom stereocenters. The molecule has 1 aliphatic heterocycles. The second-order valence-corrected chi connectivity index (χ2v) is 7.10. The van der Waals surface area contributed by atoms with E-state index in [1.54, 1.807) is 13.8 Å². The van der Waals surface area contributed by atoms with Gasteiger partial charge in [0.05, 0.1) is 19.6 Å². The van der Waals surface area contributed by atoms with E-state index >= 15 is 0 Å². The standard InChI is InChI=1S/C15H28N2O4/c1-14(2,10-13(19)20)9-12(18)16-11-15(3,4)17-5-7-21-8-6-17/h5-11H2,1-4H3,(H,16,18)(H,19,20). The lowest BCUT2D eigenvalue weighted by atomic mass is 9.85. The minimum atomic E-state index is -0.874. The molecule has 122 valence electrons. The SMILES string of the molecule is CC(C)(CC(=O)O)CC(=O)NCC(C)(C)N1CCOCC1. The van der Waals surface area contributed by atoms with Crippen molar-refractivity contribution in [3.05, 3.63) is 0 Å². The summed E-state index contributed by atoms with van der Waals surface area (Å²) >= 11 is 0. The normalized spacial score (nSPS) is 17.5. The van der Waals surface area contributed by atoms with Gasteiger partial charge in [-0.25, -0.2) is 0 Å². The van der Waals surface area contributed by atoms with Crippen LogP contribution in [0.4, 0.5) is 0 Å². The minimum absolute atomic E-state index is 0.00667. The fourth-order valence-corrected chi connectivity index (χ4v) is 2.56. The molecule has 0 aromatic heterocycles. The maximum Gasteiger partial charge on any atom is 0.303 e. The van der Waals surface area contributed by atoms with Gasteiger partial charge in [0.15, 0.2) is 0 Å². The van der Waals surface area contributed by atoms with Gasteiger partial charge in [-0.2, -0.15) is 0 Å². The first-order chi connectivity index (χ1) is 9.62. The average Bonchev–Trinajstić information content (AvgIpc) is 2.35. The molecule has 0 aromatic rings. The highest BCUT2D eigenvalue weighted by Gasteiger charge is 2.30. The van der Waals surface area contributed by atoms with Crippen LogP contribution in [0, 0.1) is 5.41 Å². The third-order valence-electron chi connectivity index (χ3n) is 3.85. The number of rotatable bonds is 7. The maximum atomic E-state index is 12.0. The molecule has 1 amide bonds. The molecule has 0 atom stereocenters. The van der Waals surface area contributed by atoms with Crippen molar-refractivity contribution in [1.82, 2.24) is 10.2 Å². The predicted octanol–water partition coefficient (Wildman–Crippen LogP) is 1.10.